The molecule has 6 heteroatoms. The maximum atomic E-state index is 12.0. The summed E-state index contributed by atoms with van der Waals surface area (Å²) in [5.41, 5.74) is 6.34. The van der Waals surface area contributed by atoms with E-state index in [1.165, 1.54) is 4.68 Å². The van der Waals surface area contributed by atoms with Crippen molar-refractivity contribution in [3.05, 3.63) is 22.8 Å². The number of carbonyl (C=O) groups excluding carboxylic acids is 1. The zero-order valence-electron chi connectivity index (χ0n) is 10.4. The van der Waals surface area contributed by atoms with Crippen molar-refractivity contribution in [1.29, 1.82) is 0 Å². The number of nitrogen functional groups attached to an aromatic ring is 1. The van der Waals surface area contributed by atoms with Crippen molar-refractivity contribution in [2.24, 2.45) is 0 Å². The van der Waals surface area contributed by atoms with Crippen LogP contribution in [0, 0.1) is 0 Å². The highest BCUT2D eigenvalue weighted by Crippen LogP contribution is 2.25. The van der Waals surface area contributed by atoms with Gasteiger partial charge in [0.1, 0.15) is 10.2 Å². The van der Waals surface area contributed by atoms with Crippen LogP contribution in [0.15, 0.2) is 22.8 Å². The normalized spacial score (nSPS) is 11.8. The molecule has 0 spiro atoms. The average molecular weight is 312 g/mol. The number of fused-ring (bicyclic) bond motifs is 1. The van der Waals surface area contributed by atoms with Crippen molar-refractivity contribution >= 4 is 38.6 Å². The monoisotopic (exact) mass is 311 g/mol. The van der Waals surface area contributed by atoms with Crippen molar-refractivity contribution in [1.82, 2.24) is 9.78 Å². The zero-order chi connectivity index (χ0) is 13.5. The van der Waals surface area contributed by atoms with Crippen molar-refractivity contribution in [2.75, 3.05) is 5.73 Å². The summed E-state index contributed by atoms with van der Waals surface area (Å²) in [6.07, 6.45) is -0.524. The number of nitrogens with zero attached hydrogens (tertiary/aromatic N) is 2. The molecule has 2 rings (SSSR count). The van der Waals surface area contributed by atoms with Crippen LogP contribution in [0.25, 0.3) is 10.9 Å². The third-order valence-corrected chi connectivity index (χ3v) is 2.81. The van der Waals surface area contributed by atoms with Gasteiger partial charge in [0.05, 0.1) is 5.52 Å². The van der Waals surface area contributed by atoms with E-state index in [1.54, 1.807) is 32.9 Å². The fourth-order valence-corrected chi connectivity index (χ4v) is 2.03. The number of benzene rings is 1. The van der Waals surface area contributed by atoms with Crippen LogP contribution in [-0.4, -0.2) is 21.5 Å². The summed E-state index contributed by atoms with van der Waals surface area (Å²) in [5, 5.41) is 4.93. The molecule has 0 atom stereocenters. The Morgan fingerprint density at radius 1 is 1.44 bits per heavy atom. The van der Waals surface area contributed by atoms with Gasteiger partial charge in [-0.05, 0) is 54.9 Å². The molecule has 2 aromatic rings. The molecule has 1 aromatic heterocycles. The van der Waals surface area contributed by atoms with Crippen LogP contribution in [0.5, 0.6) is 0 Å². The van der Waals surface area contributed by atoms with Gasteiger partial charge in [-0.1, -0.05) is 0 Å². The molecule has 0 aliphatic heterocycles. The van der Waals surface area contributed by atoms with E-state index < -0.39 is 11.7 Å². The maximum Gasteiger partial charge on any atom is 0.435 e. The van der Waals surface area contributed by atoms with Crippen LogP contribution < -0.4 is 5.73 Å². The van der Waals surface area contributed by atoms with E-state index in [9.17, 15) is 4.79 Å². The molecule has 0 amide bonds. The quantitative estimate of drug-likeness (QED) is 0.759. The number of carbonyl (C=O) groups is 1. The van der Waals surface area contributed by atoms with E-state index in [0.717, 1.165) is 5.39 Å². The summed E-state index contributed by atoms with van der Waals surface area (Å²) >= 11 is 3.31. The molecule has 1 aromatic carbocycles. The van der Waals surface area contributed by atoms with Crippen LogP contribution in [0.1, 0.15) is 20.8 Å². The largest absolute Gasteiger partial charge is 0.442 e. The minimum Gasteiger partial charge on any atom is -0.442 e. The van der Waals surface area contributed by atoms with E-state index in [4.69, 9.17) is 10.5 Å². The Hall–Kier alpha value is -1.56. The lowest BCUT2D eigenvalue weighted by molar-refractivity contribution is 0.0522. The molecule has 18 heavy (non-hydrogen) atoms. The second kappa shape index (κ2) is 4.28. The molecule has 0 bridgehead atoms. The number of halogens is 1. The molecule has 0 saturated carbocycles. The van der Waals surface area contributed by atoms with E-state index in [2.05, 4.69) is 21.0 Å². The van der Waals surface area contributed by atoms with Gasteiger partial charge in [-0.25, -0.2) is 4.79 Å². The van der Waals surface area contributed by atoms with Crippen LogP contribution in [0.4, 0.5) is 10.5 Å². The van der Waals surface area contributed by atoms with Crippen molar-refractivity contribution in [3.8, 4) is 0 Å². The van der Waals surface area contributed by atoms with E-state index in [-0.39, 0.29) is 0 Å². The predicted molar refractivity (Wildman–Crippen MR) is 73.5 cm³/mol. The first kappa shape index (κ1) is 12.9. The Kier molecular flexibility index (Phi) is 3.06. The minimum absolute atomic E-state index is 0.524. The van der Waals surface area contributed by atoms with Gasteiger partial charge in [0, 0.05) is 11.1 Å². The maximum absolute atomic E-state index is 12.0. The van der Waals surface area contributed by atoms with Gasteiger partial charge in [0.2, 0.25) is 0 Å². The Morgan fingerprint density at radius 3 is 2.72 bits per heavy atom. The Balaban J connectivity index is 2.51. The third-order valence-electron chi connectivity index (χ3n) is 2.23. The number of anilines is 1. The number of aromatic nitrogens is 2. The number of hydrogen-bond acceptors (Lipinski definition) is 4. The minimum atomic E-state index is -0.567. The van der Waals surface area contributed by atoms with Gasteiger partial charge < -0.3 is 10.5 Å². The van der Waals surface area contributed by atoms with Crippen LogP contribution in [0.3, 0.4) is 0 Å². The lowest BCUT2D eigenvalue weighted by Crippen LogP contribution is -2.27. The van der Waals surface area contributed by atoms with E-state index in [0.29, 0.717) is 15.8 Å². The van der Waals surface area contributed by atoms with Gasteiger partial charge in [-0.15, -0.1) is 0 Å². The Labute approximate surface area is 113 Å². The molecule has 0 aliphatic rings. The highest BCUT2D eigenvalue weighted by molar-refractivity contribution is 9.10. The Bertz CT molecular complexity index is 614. The lowest BCUT2D eigenvalue weighted by Gasteiger charge is -2.19. The highest BCUT2D eigenvalue weighted by atomic mass is 79.9. The molecule has 0 aliphatic carbocycles. The molecular weight excluding hydrogens is 298 g/mol. The number of nitrogens with two attached hydrogens (primary N) is 1. The lowest BCUT2D eigenvalue weighted by atomic mass is 10.2. The molecule has 2 N–H and O–H groups in total. The smallest absolute Gasteiger partial charge is 0.435 e. The summed E-state index contributed by atoms with van der Waals surface area (Å²) < 4.78 is 7.08. The van der Waals surface area contributed by atoms with E-state index in [1.807, 2.05) is 6.07 Å². The number of ether oxygens (including phenoxy) is 1. The second-order valence-corrected chi connectivity index (χ2v) is 5.71. The molecule has 0 unspecified atom stereocenters. The molecular formula is C12H14BrN3O2. The first-order valence-electron chi connectivity index (χ1n) is 5.45. The third kappa shape index (κ3) is 2.48. The molecule has 0 saturated heterocycles. The standard InChI is InChI=1S/C12H14BrN3O2/c1-12(2,3)18-11(17)16-9-6-7(14)4-5-8(9)10(13)15-16/h4-6H,14H2,1-3H3. The first-order chi connectivity index (χ1) is 8.28. The summed E-state index contributed by atoms with van der Waals surface area (Å²) in [6, 6.07) is 5.26. The van der Waals surface area contributed by atoms with Gasteiger partial charge in [0.15, 0.2) is 0 Å². The van der Waals surface area contributed by atoms with Gasteiger partial charge in [-0.2, -0.15) is 9.78 Å². The fourth-order valence-electron chi connectivity index (χ4n) is 1.54. The summed E-state index contributed by atoms with van der Waals surface area (Å²) in [5.74, 6) is 0. The predicted octanol–water partition coefficient (Wildman–Crippen LogP) is 3.16. The SMILES string of the molecule is CC(C)(C)OC(=O)n1nc(Br)c2ccc(N)cc21. The second-order valence-electron chi connectivity index (χ2n) is 4.96. The molecule has 0 radical (unpaired) electrons. The Morgan fingerprint density at radius 2 is 2.11 bits per heavy atom. The van der Waals surface area contributed by atoms with Crippen molar-refractivity contribution in [2.45, 2.75) is 26.4 Å². The molecule has 1 heterocycles. The van der Waals surface area contributed by atoms with Crippen LogP contribution in [-0.2, 0) is 4.74 Å². The summed E-state index contributed by atoms with van der Waals surface area (Å²) in [7, 11) is 0. The molecule has 0 fully saturated rings. The number of rotatable bonds is 0. The summed E-state index contributed by atoms with van der Waals surface area (Å²) in [6.45, 7) is 5.42. The van der Waals surface area contributed by atoms with Gasteiger partial charge in [0.25, 0.3) is 0 Å². The van der Waals surface area contributed by atoms with Crippen molar-refractivity contribution in [3.63, 3.8) is 0 Å². The van der Waals surface area contributed by atoms with E-state index >= 15 is 0 Å². The number of hydrogen-bond donors (Lipinski definition) is 1. The topological polar surface area (TPSA) is 70.1 Å². The van der Waals surface area contributed by atoms with Crippen LogP contribution >= 0.6 is 15.9 Å². The molecule has 5 nitrogen and oxygen atoms in total. The van der Waals surface area contributed by atoms with Crippen molar-refractivity contribution < 1.29 is 9.53 Å². The zero-order valence-corrected chi connectivity index (χ0v) is 12.0. The summed E-state index contributed by atoms with van der Waals surface area (Å²) in [4.78, 5) is 12.0. The molecule has 96 valence electrons. The highest BCUT2D eigenvalue weighted by Gasteiger charge is 2.21. The first-order valence-corrected chi connectivity index (χ1v) is 6.24. The van der Waals surface area contributed by atoms with Crippen LogP contribution in [0.2, 0.25) is 0 Å². The fraction of sp³-hybridized carbons (Fsp3) is 0.333. The average Bonchev–Trinajstić information content (AvgIpc) is 2.53. The van der Waals surface area contributed by atoms with Gasteiger partial charge in [-0.3, -0.25) is 0 Å². The van der Waals surface area contributed by atoms with Gasteiger partial charge >= 0.3 is 6.09 Å².